The Labute approximate surface area is 125 Å². The smallest absolute Gasteiger partial charge is 0.255 e. The van der Waals surface area contributed by atoms with Crippen molar-refractivity contribution in [2.75, 3.05) is 0 Å². The zero-order chi connectivity index (χ0) is 14.8. The molecule has 21 heavy (non-hydrogen) atoms. The van der Waals surface area contributed by atoms with Crippen LogP contribution in [0.4, 0.5) is 0 Å². The summed E-state index contributed by atoms with van der Waals surface area (Å²) in [5, 5.41) is 19.5. The number of aromatic amines is 1. The van der Waals surface area contributed by atoms with Gasteiger partial charge in [-0.2, -0.15) is 5.10 Å². The maximum atomic E-state index is 12.4. The molecule has 0 saturated heterocycles. The van der Waals surface area contributed by atoms with Gasteiger partial charge in [0.15, 0.2) is 5.82 Å². The van der Waals surface area contributed by atoms with Gasteiger partial charge in [0.2, 0.25) is 0 Å². The number of thiophene rings is 1. The first kappa shape index (κ1) is 13.5. The molecular formula is C13H14N6OS. The van der Waals surface area contributed by atoms with Crippen LogP contribution in [0.25, 0.3) is 10.6 Å². The number of H-pyrrole nitrogens is 1. The molecule has 3 aromatic heterocycles. The minimum atomic E-state index is -0.240. The number of hydrogen-bond acceptors (Lipinski definition) is 5. The van der Waals surface area contributed by atoms with E-state index in [1.54, 1.807) is 22.2 Å². The Morgan fingerprint density at radius 1 is 1.52 bits per heavy atom. The van der Waals surface area contributed by atoms with E-state index in [1.165, 1.54) is 6.20 Å². The van der Waals surface area contributed by atoms with Gasteiger partial charge in [0, 0.05) is 7.05 Å². The summed E-state index contributed by atoms with van der Waals surface area (Å²) in [6, 6.07) is 3.64. The minimum absolute atomic E-state index is 0.192. The highest BCUT2D eigenvalue weighted by Crippen LogP contribution is 2.26. The van der Waals surface area contributed by atoms with Crippen molar-refractivity contribution in [1.29, 1.82) is 0 Å². The van der Waals surface area contributed by atoms with Crippen LogP contribution < -0.4 is 5.32 Å². The van der Waals surface area contributed by atoms with Gasteiger partial charge in [-0.25, -0.2) is 0 Å². The molecule has 0 saturated carbocycles. The SMILES string of the molecule is CC(NC(=O)c1cn[nH]c1-c1cccs1)c1nncn1C. The molecule has 0 radical (unpaired) electrons. The normalized spacial score (nSPS) is 12.3. The van der Waals surface area contributed by atoms with Crippen molar-refractivity contribution >= 4 is 17.2 Å². The van der Waals surface area contributed by atoms with Gasteiger partial charge in [-0.05, 0) is 18.4 Å². The first-order chi connectivity index (χ1) is 10.2. The van der Waals surface area contributed by atoms with E-state index in [0.717, 1.165) is 10.6 Å². The highest BCUT2D eigenvalue weighted by Gasteiger charge is 2.20. The summed E-state index contributed by atoms with van der Waals surface area (Å²) in [5.74, 6) is 0.507. The fourth-order valence-corrected chi connectivity index (χ4v) is 2.82. The Morgan fingerprint density at radius 2 is 2.38 bits per heavy atom. The lowest BCUT2D eigenvalue weighted by Crippen LogP contribution is -2.28. The van der Waals surface area contributed by atoms with Gasteiger partial charge in [0.05, 0.1) is 28.4 Å². The third-order valence-corrected chi connectivity index (χ3v) is 4.02. The lowest BCUT2D eigenvalue weighted by molar-refractivity contribution is 0.0938. The van der Waals surface area contributed by atoms with E-state index in [9.17, 15) is 4.79 Å². The van der Waals surface area contributed by atoms with Crippen LogP contribution in [-0.2, 0) is 7.05 Å². The predicted molar refractivity (Wildman–Crippen MR) is 78.8 cm³/mol. The molecule has 3 rings (SSSR count). The van der Waals surface area contributed by atoms with Gasteiger partial charge >= 0.3 is 0 Å². The molecule has 1 amide bonds. The molecule has 0 fully saturated rings. The lowest BCUT2D eigenvalue weighted by atomic mass is 10.2. The number of hydrogen-bond donors (Lipinski definition) is 2. The summed E-state index contributed by atoms with van der Waals surface area (Å²) in [5.41, 5.74) is 1.25. The average molecular weight is 302 g/mol. The summed E-state index contributed by atoms with van der Waals surface area (Å²) >= 11 is 1.55. The molecule has 3 heterocycles. The molecule has 0 aromatic carbocycles. The van der Waals surface area contributed by atoms with Crippen LogP contribution in [0.3, 0.4) is 0 Å². The first-order valence-electron chi connectivity index (χ1n) is 6.39. The molecule has 3 aromatic rings. The average Bonchev–Trinajstić information content (AvgIpc) is 3.19. The second kappa shape index (κ2) is 5.49. The van der Waals surface area contributed by atoms with Crippen molar-refractivity contribution in [3.8, 4) is 10.6 Å². The summed E-state index contributed by atoms with van der Waals surface area (Å²) in [7, 11) is 1.84. The van der Waals surface area contributed by atoms with Crippen molar-refractivity contribution in [3.05, 3.63) is 41.4 Å². The largest absolute Gasteiger partial charge is 0.342 e. The molecule has 108 valence electrons. The number of aryl methyl sites for hydroxylation is 1. The Kier molecular flexibility index (Phi) is 3.53. The molecule has 0 bridgehead atoms. The van der Waals surface area contributed by atoms with Gasteiger partial charge in [-0.1, -0.05) is 6.07 Å². The first-order valence-corrected chi connectivity index (χ1v) is 7.26. The third kappa shape index (κ3) is 2.57. The Morgan fingerprint density at radius 3 is 3.05 bits per heavy atom. The van der Waals surface area contributed by atoms with Crippen molar-refractivity contribution in [2.45, 2.75) is 13.0 Å². The lowest BCUT2D eigenvalue weighted by Gasteiger charge is -2.12. The quantitative estimate of drug-likeness (QED) is 0.768. The van der Waals surface area contributed by atoms with E-state index in [0.29, 0.717) is 11.4 Å². The van der Waals surface area contributed by atoms with Crippen LogP contribution in [0.2, 0.25) is 0 Å². The van der Waals surface area contributed by atoms with Crippen LogP contribution in [-0.4, -0.2) is 30.9 Å². The van der Waals surface area contributed by atoms with Crippen LogP contribution in [0, 0.1) is 0 Å². The number of aromatic nitrogens is 5. The van der Waals surface area contributed by atoms with Crippen LogP contribution in [0.15, 0.2) is 30.0 Å². The van der Waals surface area contributed by atoms with Gasteiger partial charge in [-0.15, -0.1) is 21.5 Å². The highest BCUT2D eigenvalue weighted by molar-refractivity contribution is 7.13. The molecule has 1 atom stereocenters. The van der Waals surface area contributed by atoms with Gasteiger partial charge < -0.3 is 9.88 Å². The fraction of sp³-hybridized carbons (Fsp3) is 0.231. The van der Waals surface area contributed by atoms with Gasteiger partial charge in [0.1, 0.15) is 6.33 Å². The van der Waals surface area contributed by atoms with E-state index in [4.69, 9.17) is 0 Å². The Bertz CT molecular complexity index is 744. The van der Waals surface area contributed by atoms with Crippen LogP contribution in [0.5, 0.6) is 0 Å². The number of carbonyl (C=O) groups excluding carboxylic acids is 1. The zero-order valence-corrected chi connectivity index (χ0v) is 12.4. The molecule has 0 aliphatic rings. The van der Waals surface area contributed by atoms with E-state index in [2.05, 4.69) is 25.7 Å². The topological polar surface area (TPSA) is 88.5 Å². The second-order valence-electron chi connectivity index (χ2n) is 4.63. The summed E-state index contributed by atoms with van der Waals surface area (Å²) < 4.78 is 1.78. The standard InChI is InChI=1S/C13H14N6OS/c1-8(12-18-15-7-19(12)2)16-13(20)9-6-14-17-11(9)10-4-3-5-21-10/h3-8H,1-2H3,(H,14,17)(H,16,20). The van der Waals surface area contributed by atoms with Gasteiger partial charge in [-0.3, -0.25) is 9.89 Å². The Hall–Kier alpha value is -2.48. The summed E-state index contributed by atoms with van der Waals surface area (Å²) in [6.45, 7) is 1.87. The maximum Gasteiger partial charge on any atom is 0.255 e. The van der Waals surface area contributed by atoms with E-state index in [-0.39, 0.29) is 11.9 Å². The van der Waals surface area contributed by atoms with Gasteiger partial charge in [0.25, 0.3) is 5.91 Å². The monoisotopic (exact) mass is 302 g/mol. The highest BCUT2D eigenvalue weighted by atomic mass is 32.1. The summed E-state index contributed by atoms with van der Waals surface area (Å²) in [4.78, 5) is 13.4. The maximum absolute atomic E-state index is 12.4. The minimum Gasteiger partial charge on any atom is -0.342 e. The number of rotatable bonds is 4. The van der Waals surface area contributed by atoms with Crippen molar-refractivity contribution in [3.63, 3.8) is 0 Å². The molecular weight excluding hydrogens is 288 g/mol. The molecule has 0 aliphatic carbocycles. The van der Waals surface area contributed by atoms with Crippen molar-refractivity contribution in [2.24, 2.45) is 7.05 Å². The number of carbonyl (C=O) groups is 1. The van der Waals surface area contributed by atoms with E-state index >= 15 is 0 Å². The number of nitrogens with one attached hydrogen (secondary N) is 2. The van der Waals surface area contributed by atoms with E-state index < -0.39 is 0 Å². The Balaban J connectivity index is 1.81. The molecule has 7 nitrogen and oxygen atoms in total. The van der Waals surface area contributed by atoms with Crippen LogP contribution >= 0.6 is 11.3 Å². The molecule has 0 spiro atoms. The fourth-order valence-electron chi connectivity index (χ4n) is 2.09. The predicted octanol–water partition coefficient (Wildman–Crippen LogP) is 1.76. The van der Waals surface area contributed by atoms with Crippen molar-refractivity contribution in [1.82, 2.24) is 30.3 Å². The molecule has 8 heteroatoms. The molecule has 2 N–H and O–H groups in total. The van der Waals surface area contributed by atoms with Crippen LogP contribution in [0.1, 0.15) is 29.1 Å². The van der Waals surface area contributed by atoms with E-state index in [1.807, 2.05) is 31.5 Å². The molecule has 0 aliphatic heterocycles. The van der Waals surface area contributed by atoms with Crippen molar-refractivity contribution < 1.29 is 4.79 Å². The third-order valence-electron chi connectivity index (χ3n) is 3.13. The second-order valence-corrected chi connectivity index (χ2v) is 5.58. The molecule has 1 unspecified atom stereocenters. The number of nitrogens with zero attached hydrogens (tertiary/aromatic N) is 4. The zero-order valence-electron chi connectivity index (χ0n) is 11.6. The number of amides is 1. The summed E-state index contributed by atoms with van der Waals surface area (Å²) in [6.07, 6.45) is 3.14.